The molecular weight excluding hydrogens is 384 g/mol. The molecule has 2 aromatic heterocycles. The third-order valence-electron chi connectivity index (χ3n) is 5.27. The largest absolute Gasteiger partial charge is 0.281 e. The highest BCUT2D eigenvalue weighted by Gasteiger charge is 2.31. The minimum Gasteiger partial charge on any atom is -0.266 e. The van der Waals surface area contributed by atoms with Gasteiger partial charge in [-0.2, -0.15) is 10.2 Å². The molecule has 2 aliphatic rings. The summed E-state index contributed by atoms with van der Waals surface area (Å²) in [7, 11) is -2.97. The van der Waals surface area contributed by atoms with Gasteiger partial charge in [-0.1, -0.05) is 0 Å². The van der Waals surface area contributed by atoms with E-state index >= 15 is 0 Å². The maximum atomic E-state index is 12.3. The molecule has 0 aromatic carbocycles. The van der Waals surface area contributed by atoms with Gasteiger partial charge in [-0.05, 0) is 51.2 Å². The summed E-state index contributed by atoms with van der Waals surface area (Å²) < 4.78 is 25.3. The Morgan fingerprint density at radius 3 is 2.93 bits per heavy atom. The molecule has 9 heteroatoms. The first-order valence-corrected chi connectivity index (χ1v) is 11.7. The molecule has 2 aromatic rings. The zero-order valence-electron chi connectivity index (χ0n) is 15.4. The van der Waals surface area contributed by atoms with Gasteiger partial charge in [-0.3, -0.25) is 9.48 Å². The van der Waals surface area contributed by atoms with Gasteiger partial charge in [0.2, 0.25) is 0 Å². The van der Waals surface area contributed by atoms with E-state index in [2.05, 4.69) is 15.6 Å². The van der Waals surface area contributed by atoms with Crippen LogP contribution in [0.15, 0.2) is 11.2 Å². The van der Waals surface area contributed by atoms with Crippen LogP contribution >= 0.6 is 11.3 Å². The second-order valence-corrected chi connectivity index (χ2v) is 10.6. The van der Waals surface area contributed by atoms with Crippen LogP contribution in [0.5, 0.6) is 0 Å². The molecule has 1 fully saturated rings. The number of hydrogen-bond acceptors (Lipinski definition) is 6. The molecule has 1 N–H and O–H groups in total. The second kappa shape index (κ2) is 6.87. The lowest BCUT2D eigenvalue weighted by molar-refractivity contribution is 0.0959. The topological polar surface area (TPSA) is 93.4 Å². The molecule has 1 amide bonds. The van der Waals surface area contributed by atoms with Crippen LogP contribution in [0, 0.1) is 13.8 Å². The molecule has 0 bridgehead atoms. The van der Waals surface area contributed by atoms with Gasteiger partial charge >= 0.3 is 0 Å². The fraction of sp³-hybridized carbons (Fsp3) is 0.500. The van der Waals surface area contributed by atoms with Gasteiger partial charge in [-0.15, -0.1) is 11.3 Å². The lowest BCUT2D eigenvalue weighted by Crippen LogP contribution is -2.16. The van der Waals surface area contributed by atoms with Crippen molar-refractivity contribution in [3.63, 3.8) is 0 Å². The number of nitrogens with zero attached hydrogens (tertiary/aromatic N) is 3. The normalized spacial score (nSPS) is 21.0. The van der Waals surface area contributed by atoms with Crippen LogP contribution < -0.4 is 5.43 Å². The average molecular weight is 407 g/mol. The van der Waals surface area contributed by atoms with Crippen LogP contribution in [0.25, 0.3) is 0 Å². The van der Waals surface area contributed by atoms with Crippen molar-refractivity contribution >= 4 is 33.3 Å². The molecule has 1 aliphatic carbocycles. The minimum absolute atomic E-state index is 0.126. The Labute approximate surface area is 162 Å². The van der Waals surface area contributed by atoms with Crippen LogP contribution in [0.4, 0.5) is 0 Å². The van der Waals surface area contributed by atoms with E-state index in [1.165, 1.54) is 16.9 Å². The molecule has 1 saturated heterocycles. The Balaban J connectivity index is 1.46. The first-order valence-electron chi connectivity index (χ1n) is 9.05. The van der Waals surface area contributed by atoms with E-state index in [4.69, 9.17) is 0 Å². The molecule has 1 atom stereocenters. The number of amides is 1. The van der Waals surface area contributed by atoms with Crippen molar-refractivity contribution in [2.75, 3.05) is 11.5 Å². The molecule has 0 radical (unpaired) electrons. The standard InChI is InChI=1S/C18H22N4O3S2/c1-11-15(12(2)22(21-11)14-6-7-27(24,25)10-14)9-19-20-18(23)17-8-13-4-3-5-16(13)26-17/h8-9,14H,3-7,10H2,1-2H3,(H,20,23)/b19-9-/t14-/m0/s1. The Morgan fingerprint density at radius 1 is 1.41 bits per heavy atom. The zero-order valence-corrected chi connectivity index (χ0v) is 17.0. The number of aromatic nitrogens is 2. The van der Waals surface area contributed by atoms with Crippen molar-refractivity contribution in [1.29, 1.82) is 0 Å². The number of carbonyl (C=O) groups excluding carboxylic acids is 1. The van der Waals surface area contributed by atoms with Gasteiger partial charge in [0, 0.05) is 16.1 Å². The number of nitrogens with one attached hydrogen (secondary N) is 1. The Kier molecular flexibility index (Phi) is 4.67. The van der Waals surface area contributed by atoms with E-state index in [1.54, 1.807) is 22.2 Å². The SMILES string of the molecule is Cc1nn([C@H]2CCS(=O)(=O)C2)c(C)c1/C=N\NC(=O)c1cc2c(s1)CCC2. The Bertz CT molecular complexity index is 1010. The summed E-state index contributed by atoms with van der Waals surface area (Å²) in [5, 5.41) is 8.60. The molecule has 7 nitrogen and oxygen atoms in total. The van der Waals surface area contributed by atoms with E-state index < -0.39 is 9.84 Å². The molecule has 3 heterocycles. The number of carbonyl (C=O) groups is 1. The Morgan fingerprint density at radius 2 is 2.22 bits per heavy atom. The monoisotopic (exact) mass is 406 g/mol. The maximum Gasteiger partial charge on any atom is 0.281 e. The lowest BCUT2D eigenvalue weighted by Gasteiger charge is -2.10. The van der Waals surface area contributed by atoms with Crippen LogP contribution in [0.2, 0.25) is 0 Å². The molecule has 0 spiro atoms. The van der Waals surface area contributed by atoms with Crippen LogP contribution in [-0.4, -0.2) is 41.8 Å². The van der Waals surface area contributed by atoms with Crippen molar-refractivity contribution in [3.8, 4) is 0 Å². The second-order valence-electron chi connectivity index (χ2n) is 7.20. The summed E-state index contributed by atoms with van der Waals surface area (Å²) in [5.74, 6) is 0.140. The summed E-state index contributed by atoms with van der Waals surface area (Å²) in [6, 6.07) is 1.84. The number of hydrogen-bond donors (Lipinski definition) is 1. The third-order valence-corrected chi connectivity index (χ3v) is 8.25. The van der Waals surface area contributed by atoms with Crippen LogP contribution in [0.1, 0.15) is 55.9 Å². The number of sulfone groups is 1. The van der Waals surface area contributed by atoms with Gasteiger partial charge < -0.3 is 0 Å². The van der Waals surface area contributed by atoms with E-state index in [0.29, 0.717) is 11.3 Å². The molecule has 0 unspecified atom stereocenters. The maximum absolute atomic E-state index is 12.3. The number of thiophene rings is 1. The van der Waals surface area contributed by atoms with E-state index in [-0.39, 0.29) is 23.5 Å². The van der Waals surface area contributed by atoms with Crippen molar-refractivity contribution in [1.82, 2.24) is 15.2 Å². The van der Waals surface area contributed by atoms with Gasteiger partial charge in [0.05, 0.1) is 34.3 Å². The highest BCUT2D eigenvalue weighted by molar-refractivity contribution is 7.91. The highest BCUT2D eigenvalue weighted by Crippen LogP contribution is 2.30. The summed E-state index contributed by atoms with van der Waals surface area (Å²) >= 11 is 1.54. The average Bonchev–Trinajstić information content (AvgIpc) is 3.33. The molecular formula is C18H22N4O3S2. The number of rotatable bonds is 4. The molecule has 4 rings (SSSR count). The van der Waals surface area contributed by atoms with E-state index in [0.717, 1.165) is 29.8 Å². The summed E-state index contributed by atoms with van der Waals surface area (Å²) in [6.45, 7) is 3.76. The first-order chi connectivity index (χ1) is 12.8. The van der Waals surface area contributed by atoms with Crippen molar-refractivity contribution in [2.24, 2.45) is 5.10 Å². The first kappa shape index (κ1) is 18.4. The van der Waals surface area contributed by atoms with Crippen LogP contribution in [0.3, 0.4) is 0 Å². The Hall–Kier alpha value is -2.00. The minimum atomic E-state index is -2.97. The molecule has 0 saturated carbocycles. The molecule has 1 aliphatic heterocycles. The van der Waals surface area contributed by atoms with Crippen molar-refractivity contribution < 1.29 is 13.2 Å². The molecule has 144 valence electrons. The van der Waals surface area contributed by atoms with Gasteiger partial charge in [0.1, 0.15) is 0 Å². The van der Waals surface area contributed by atoms with Gasteiger partial charge in [0.25, 0.3) is 5.91 Å². The lowest BCUT2D eigenvalue weighted by atomic mass is 10.2. The van der Waals surface area contributed by atoms with Crippen LogP contribution in [-0.2, 0) is 22.7 Å². The van der Waals surface area contributed by atoms with Gasteiger partial charge in [-0.25, -0.2) is 13.8 Å². The summed E-state index contributed by atoms with van der Waals surface area (Å²) in [6.07, 6.45) is 5.46. The number of fused-ring (bicyclic) bond motifs is 1. The fourth-order valence-corrected chi connectivity index (χ4v) is 6.67. The number of aryl methyl sites for hydroxylation is 3. The predicted molar refractivity (Wildman–Crippen MR) is 105 cm³/mol. The quantitative estimate of drug-likeness (QED) is 0.622. The number of hydrazone groups is 1. The molecule has 27 heavy (non-hydrogen) atoms. The summed E-state index contributed by atoms with van der Waals surface area (Å²) in [4.78, 5) is 14.3. The fourth-order valence-electron chi connectivity index (χ4n) is 3.84. The summed E-state index contributed by atoms with van der Waals surface area (Å²) in [5.41, 5.74) is 6.32. The van der Waals surface area contributed by atoms with Gasteiger partial charge in [0.15, 0.2) is 9.84 Å². The predicted octanol–water partition coefficient (Wildman–Crippen LogP) is 2.17. The third kappa shape index (κ3) is 3.58. The van der Waals surface area contributed by atoms with Crippen molar-refractivity contribution in [2.45, 2.75) is 45.6 Å². The van der Waals surface area contributed by atoms with E-state index in [1.807, 2.05) is 19.9 Å². The zero-order chi connectivity index (χ0) is 19.2. The van der Waals surface area contributed by atoms with E-state index in [9.17, 15) is 13.2 Å². The van der Waals surface area contributed by atoms with Crippen molar-refractivity contribution in [3.05, 3.63) is 38.3 Å². The smallest absolute Gasteiger partial charge is 0.266 e. The highest BCUT2D eigenvalue weighted by atomic mass is 32.2.